The van der Waals surface area contributed by atoms with Gasteiger partial charge in [0, 0.05) is 23.7 Å². The van der Waals surface area contributed by atoms with Gasteiger partial charge >= 0.3 is 0 Å². The lowest BCUT2D eigenvalue weighted by Gasteiger charge is -2.27. The van der Waals surface area contributed by atoms with Gasteiger partial charge in [0.15, 0.2) is 0 Å². The van der Waals surface area contributed by atoms with Crippen LogP contribution in [0.15, 0.2) is 11.4 Å². The van der Waals surface area contributed by atoms with Crippen molar-refractivity contribution in [1.82, 2.24) is 15.1 Å². The highest BCUT2D eigenvalue weighted by atomic mass is 32.1. The third-order valence-corrected chi connectivity index (χ3v) is 4.46. The Labute approximate surface area is 110 Å². The topological polar surface area (TPSA) is 49.0 Å². The van der Waals surface area contributed by atoms with Gasteiger partial charge in [0.25, 0.3) is 5.91 Å². The van der Waals surface area contributed by atoms with E-state index in [1.54, 1.807) is 11.3 Å². The fourth-order valence-electron chi connectivity index (χ4n) is 2.45. The number of amides is 1. The average molecular weight is 261 g/mol. The van der Waals surface area contributed by atoms with Crippen LogP contribution in [0.4, 0.5) is 0 Å². The molecule has 1 aliphatic heterocycles. The van der Waals surface area contributed by atoms with Crippen molar-refractivity contribution in [3.8, 4) is 0 Å². The first-order chi connectivity index (χ1) is 8.66. The zero-order valence-electron chi connectivity index (χ0n) is 10.5. The molecule has 3 rings (SSSR count). The van der Waals surface area contributed by atoms with Crippen molar-refractivity contribution in [3.63, 3.8) is 0 Å². The molecule has 0 bridgehead atoms. The van der Waals surface area contributed by atoms with E-state index in [-0.39, 0.29) is 5.91 Å². The fourth-order valence-corrected chi connectivity index (χ4v) is 3.34. The van der Waals surface area contributed by atoms with Gasteiger partial charge in [-0.3, -0.25) is 9.89 Å². The van der Waals surface area contributed by atoms with Gasteiger partial charge < -0.3 is 4.90 Å². The van der Waals surface area contributed by atoms with Gasteiger partial charge in [0.2, 0.25) is 0 Å². The summed E-state index contributed by atoms with van der Waals surface area (Å²) in [6.07, 6.45) is 0.967. The Morgan fingerprint density at radius 1 is 1.50 bits per heavy atom. The highest BCUT2D eigenvalue weighted by Crippen LogP contribution is 2.25. The number of H-pyrrole nitrogens is 1. The van der Waals surface area contributed by atoms with Crippen LogP contribution in [0.2, 0.25) is 0 Å². The van der Waals surface area contributed by atoms with Crippen molar-refractivity contribution in [2.24, 2.45) is 0 Å². The number of aromatic nitrogens is 2. The molecule has 0 radical (unpaired) electrons. The Morgan fingerprint density at radius 2 is 2.33 bits per heavy atom. The summed E-state index contributed by atoms with van der Waals surface area (Å²) in [6.45, 7) is 5.29. The molecule has 0 atom stereocenters. The number of fused-ring (bicyclic) bond motifs is 1. The monoisotopic (exact) mass is 261 g/mol. The number of rotatable bonds is 1. The minimum Gasteiger partial charge on any atom is -0.334 e. The average Bonchev–Trinajstić information content (AvgIpc) is 2.94. The largest absolute Gasteiger partial charge is 0.334 e. The molecule has 1 N–H and O–H groups in total. The van der Waals surface area contributed by atoms with Gasteiger partial charge in [-0.2, -0.15) is 5.10 Å². The molecule has 2 aromatic heterocycles. The van der Waals surface area contributed by atoms with E-state index < -0.39 is 0 Å². The summed E-state index contributed by atoms with van der Waals surface area (Å²) in [5.41, 5.74) is 3.66. The fraction of sp³-hybridized carbons (Fsp3) is 0.385. The SMILES string of the molecule is Cc1n[nH]c(C)c1C(=O)N1CCc2sccc2C1. The summed E-state index contributed by atoms with van der Waals surface area (Å²) in [5.74, 6) is 0.0931. The summed E-state index contributed by atoms with van der Waals surface area (Å²) in [5, 5.41) is 9.08. The third kappa shape index (κ3) is 1.75. The lowest BCUT2D eigenvalue weighted by atomic mass is 10.1. The number of thiophene rings is 1. The molecule has 18 heavy (non-hydrogen) atoms. The summed E-state index contributed by atoms with van der Waals surface area (Å²) >= 11 is 1.79. The van der Waals surface area contributed by atoms with Gasteiger partial charge in [-0.15, -0.1) is 11.3 Å². The van der Waals surface area contributed by atoms with Crippen LogP contribution in [0.5, 0.6) is 0 Å². The second-order valence-electron chi connectivity index (χ2n) is 4.65. The van der Waals surface area contributed by atoms with Gasteiger partial charge in [0.05, 0.1) is 11.3 Å². The Morgan fingerprint density at radius 3 is 3.06 bits per heavy atom. The van der Waals surface area contributed by atoms with E-state index in [1.165, 1.54) is 10.4 Å². The molecule has 0 aliphatic carbocycles. The first kappa shape index (κ1) is 11.5. The Bertz CT molecular complexity index is 580. The van der Waals surface area contributed by atoms with Crippen LogP contribution < -0.4 is 0 Å². The smallest absolute Gasteiger partial charge is 0.257 e. The molecule has 0 saturated carbocycles. The number of nitrogens with one attached hydrogen (secondary N) is 1. The Hall–Kier alpha value is -1.62. The molecular weight excluding hydrogens is 246 g/mol. The van der Waals surface area contributed by atoms with Crippen LogP contribution in [-0.4, -0.2) is 27.5 Å². The van der Waals surface area contributed by atoms with Crippen LogP contribution >= 0.6 is 11.3 Å². The molecule has 4 nitrogen and oxygen atoms in total. The van der Waals surface area contributed by atoms with E-state index in [4.69, 9.17) is 0 Å². The van der Waals surface area contributed by atoms with Gasteiger partial charge in [-0.05, 0) is 37.3 Å². The Balaban J connectivity index is 1.87. The van der Waals surface area contributed by atoms with E-state index >= 15 is 0 Å². The van der Waals surface area contributed by atoms with Crippen LogP contribution in [0.3, 0.4) is 0 Å². The van der Waals surface area contributed by atoms with E-state index in [9.17, 15) is 4.79 Å². The van der Waals surface area contributed by atoms with E-state index in [0.717, 1.165) is 36.5 Å². The lowest BCUT2D eigenvalue weighted by molar-refractivity contribution is 0.0734. The first-order valence-electron chi connectivity index (χ1n) is 6.03. The highest BCUT2D eigenvalue weighted by Gasteiger charge is 2.25. The molecule has 2 aromatic rings. The maximum absolute atomic E-state index is 12.5. The van der Waals surface area contributed by atoms with Crippen LogP contribution in [0.25, 0.3) is 0 Å². The zero-order valence-corrected chi connectivity index (χ0v) is 11.3. The number of hydrogen-bond donors (Lipinski definition) is 1. The van der Waals surface area contributed by atoms with Gasteiger partial charge in [0.1, 0.15) is 0 Å². The van der Waals surface area contributed by atoms with Crippen LogP contribution in [0, 0.1) is 13.8 Å². The van der Waals surface area contributed by atoms with Gasteiger partial charge in [-0.1, -0.05) is 0 Å². The third-order valence-electron chi connectivity index (χ3n) is 3.44. The van der Waals surface area contributed by atoms with Crippen LogP contribution in [0.1, 0.15) is 32.2 Å². The van der Waals surface area contributed by atoms with Crippen molar-refractivity contribution < 1.29 is 4.79 Å². The molecule has 1 aliphatic rings. The molecule has 1 amide bonds. The normalized spacial score (nSPS) is 14.7. The van der Waals surface area contributed by atoms with E-state index in [2.05, 4.69) is 21.6 Å². The van der Waals surface area contributed by atoms with Crippen molar-refractivity contribution in [3.05, 3.63) is 38.8 Å². The van der Waals surface area contributed by atoms with Crippen molar-refractivity contribution in [2.45, 2.75) is 26.8 Å². The molecule has 0 fully saturated rings. The molecule has 0 saturated heterocycles. The predicted molar refractivity (Wildman–Crippen MR) is 70.8 cm³/mol. The maximum atomic E-state index is 12.5. The predicted octanol–water partition coefficient (Wildman–Crippen LogP) is 2.29. The summed E-state index contributed by atoms with van der Waals surface area (Å²) in [7, 11) is 0. The number of aromatic amines is 1. The van der Waals surface area contributed by atoms with Crippen molar-refractivity contribution in [2.75, 3.05) is 6.54 Å². The molecular formula is C13H15N3OS. The number of aryl methyl sites for hydroxylation is 2. The summed E-state index contributed by atoms with van der Waals surface area (Å²) in [4.78, 5) is 15.8. The summed E-state index contributed by atoms with van der Waals surface area (Å²) in [6, 6.07) is 2.12. The standard InChI is InChI=1S/C13H15N3OS/c1-8-12(9(2)15-14-8)13(17)16-5-3-11-10(7-16)4-6-18-11/h4,6H,3,5,7H2,1-2H3,(H,14,15). The van der Waals surface area contributed by atoms with Gasteiger partial charge in [-0.25, -0.2) is 0 Å². The minimum atomic E-state index is 0.0931. The number of carbonyl (C=O) groups excluding carboxylic acids is 1. The van der Waals surface area contributed by atoms with Crippen LogP contribution in [-0.2, 0) is 13.0 Å². The lowest BCUT2D eigenvalue weighted by Crippen LogP contribution is -2.35. The molecule has 94 valence electrons. The van der Waals surface area contributed by atoms with Crippen molar-refractivity contribution in [1.29, 1.82) is 0 Å². The maximum Gasteiger partial charge on any atom is 0.257 e. The minimum absolute atomic E-state index is 0.0931. The van der Waals surface area contributed by atoms with E-state index in [1.807, 2.05) is 18.7 Å². The first-order valence-corrected chi connectivity index (χ1v) is 6.91. The second kappa shape index (κ2) is 4.24. The highest BCUT2D eigenvalue weighted by molar-refractivity contribution is 7.10. The zero-order chi connectivity index (χ0) is 12.7. The van der Waals surface area contributed by atoms with Crippen molar-refractivity contribution >= 4 is 17.2 Å². The number of nitrogens with zero attached hydrogens (tertiary/aromatic N) is 2. The Kier molecular flexibility index (Phi) is 2.70. The second-order valence-corrected chi connectivity index (χ2v) is 5.66. The molecule has 0 spiro atoms. The number of hydrogen-bond acceptors (Lipinski definition) is 3. The molecule has 0 aromatic carbocycles. The molecule has 5 heteroatoms. The quantitative estimate of drug-likeness (QED) is 0.856. The van der Waals surface area contributed by atoms with E-state index in [0.29, 0.717) is 0 Å². The number of carbonyl (C=O) groups is 1. The molecule has 3 heterocycles. The molecule has 0 unspecified atom stereocenters. The summed E-state index contributed by atoms with van der Waals surface area (Å²) < 4.78 is 0.